The lowest BCUT2D eigenvalue weighted by Gasteiger charge is -2.16. The molecule has 0 bridgehead atoms. The first-order valence-electron chi connectivity index (χ1n) is 9.61. The van der Waals surface area contributed by atoms with Crippen LogP contribution < -0.4 is 9.47 Å². The summed E-state index contributed by atoms with van der Waals surface area (Å²) in [6.45, 7) is -0.211. The maximum atomic E-state index is 11.6. The topological polar surface area (TPSA) is 77.4 Å². The average molecular weight is 402 g/mol. The number of hydrogen-bond acceptors (Lipinski definition) is 4. The summed E-state index contributed by atoms with van der Waals surface area (Å²) in [6, 6.07) is 23.1. The normalized spacial score (nSPS) is 11.9. The van der Waals surface area contributed by atoms with Crippen molar-refractivity contribution in [2.24, 2.45) is 0 Å². The van der Waals surface area contributed by atoms with Crippen LogP contribution in [0.5, 0.6) is 11.5 Å². The number of hydrogen-bond donors (Lipinski definition) is 1. The van der Waals surface area contributed by atoms with Gasteiger partial charge in [0.15, 0.2) is 0 Å². The van der Waals surface area contributed by atoms with E-state index >= 15 is 0 Å². The van der Waals surface area contributed by atoms with Crippen molar-refractivity contribution in [3.63, 3.8) is 0 Å². The van der Waals surface area contributed by atoms with Gasteiger partial charge in [0.2, 0.25) is 6.54 Å². The molecule has 6 nitrogen and oxygen atoms in total. The quantitative estimate of drug-likeness (QED) is 0.338. The molecule has 0 radical (unpaired) electrons. The van der Waals surface area contributed by atoms with E-state index in [1.54, 1.807) is 14.2 Å². The number of benzene rings is 3. The standard InChI is InChI=1S/C24H22N2O4/c1-29-18-11-7-16(8-12-18)21(15-26(27)28)23-20-5-3-4-6-22(20)25-24(23)17-9-13-19(30-2)14-10-17/h3-14,21,25H,15H2,1-2H3/t21-/m1/s1. The van der Waals surface area contributed by atoms with E-state index in [2.05, 4.69) is 4.98 Å². The van der Waals surface area contributed by atoms with Gasteiger partial charge in [-0.25, -0.2) is 0 Å². The summed E-state index contributed by atoms with van der Waals surface area (Å²) < 4.78 is 10.5. The Morgan fingerprint density at radius 1 is 0.900 bits per heavy atom. The van der Waals surface area contributed by atoms with Gasteiger partial charge in [-0.05, 0) is 59.2 Å². The van der Waals surface area contributed by atoms with Crippen LogP contribution in [0.25, 0.3) is 22.2 Å². The lowest BCUT2D eigenvalue weighted by Crippen LogP contribution is -2.14. The molecule has 3 aromatic carbocycles. The summed E-state index contributed by atoms with van der Waals surface area (Å²) >= 11 is 0. The minimum absolute atomic E-state index is 0.211. The van der Waals surface area contributed by atoms with Crippen molar-refractivity contribution in [1.82, 2.24) is 4.98 Å². The minimum atomic E-state index is -0.417. The Bertz CT molecular complexity index is 1160. The number of para-hydroxylation sites is 1. The largest absolute Gasteiger partial charge is 0.497 e. The molecule has 1 N–H and O–H groups in total. The average Bonchev–Trinajstić information content (AvgIpc) is 3.17. The molecule has 0 amide bonds. The fourth-order valence-electron chi connectivity index (χ4n) is 3.86. The number of aromatic amines is 1. The van der Waals surface area contributed by atoms with E-state index in [1.165, 1.54) is 0 Å². The zero-order chi connectivity index (χ0) is 21.1. The SMILES string of the molecule is COc1ccc(-c2[nH]c3ccccc3c2[C@H](C[N+](=O)[O-])c2ccc(OC)cc2)cc1. The van der Waals surface area contributed by atoms with Crippen LogP contribution in [0.1, 0.15) is 17.0 Å². The third kappa shape index (κ3) is 3.72. The molecule has 1 heterocycles. The summed E-state index contributed by atoms with van der Waals surface area (Å²) in [5.74, 6) is 1.06. The zero-order valence-corrected chi connectivity index (χ0v) is 16.8. The van der Waals surface area contributed by atoms with Gasteiger partial charge in [0.25, 0.3) is 0 Å². The second-order valence-corrected chi connectivity index (χ2v) is 7.03. The Hall–Kier alpha value is -3.80. The number of fused-ring (bicyclic) bond motifs is 1. The van der Waals surface area contributed by atoms with Gasteiger partial charge in [0.1, 0.15) is 11.5 Å². The monoisotopic (exact) mass is 402 g/mol. The lowest BCUT2D eigenvalue weighted by atomic mass is 9.87. The van der Waals surface area contributed by atoms with E-state index in [-0.39, 0.29) is 11.5 Å². The Morgan fingerprint density at radius 3 is 2.10 bits per heavy atom. The van der Waals surface area contributed by atoms with E-state index in [1.807, 2.05) is 72.8 Å². The highest BCUT2D eigenvalue weighted by molar-refractivity contribution is 5.92. The lowest BCUT2D eigenvalue weighted by molar-refractivity contribution is -0.481. The van der Waals surface area contributed by atoms with E-state index in [0.717, 1.165) is 39.0 Å². The number of aromatic nitrogens is 1. The van der Waals surface area contributed by atoms with Gasteiger partial charge in [0, 0.05) is 15.8 Å². The van der Waals surface area contributed by atoms with E-state index in [0.29, 0.717) is 5.75 Å². The molecular weight excluding hydrogens is 380 g/mol. The maximum Gasteiger partial charge on any atom is 0.214 e. The maximum absolute atomic E-state index is 11.6. The van der Waals surface area contributed by atoms with Crippen molar-refractivity contribution in [2.45, 2.75) is 5.92 Å². The molecule has 1 aromatic heterocycles. The third-order valence-corrected chi connectivity index (χ3v) is 5.32. The van der Waals surface area contributed by atoms with Crippen LogP contribution in [0.2, 0.25) is 0 Å². The van der Waals surface area contributed by atoms with E-state index < -0.39 is 5.92 Å². The van der Waals surface area contributed by atoms with Crippen molar-refractivity contribution in [1.29, 1.82) is 0 Å². The number of ether oxygens (including phenoxy) is 2. The summed E-state index contributed by atoms with van der Waals surface area (Å²) in [7, 11) is 3.23. The van der Waals surface area contributed by atoms with Gasteiger partial charge in [-0.1, -0.05) is 30.3 Å². The molecule has 152 valence electrons. The summed E-state index contributed by atoms with van der Waals surface area (Å²) in [4.78, 5) is 14.8. The van der Waals surface area contributed by atoms with Gasteiger partial charge in [-0.15, -0.1) is 0 Å². The molecule has 0 spiro atoms. The van der Waals surface area contributed by atoms with Crippen molar-refractivity contribution >= 4 is 10.9 Å². The van der Waals surface area contributed by atoms with Crippen LogP contribution in [0.3, 0.4) is 0 Å². The number of H-pyrrole nitrogens is 1. The van der Waals surface area contributed by atoms with Crippen molar-refractivity contribution < 1.29 is 14.4 Å². The molecule has 4 aromatic rings. The zero-order valence-electron chi connectivity index (χ0n) is 16.8. The Kier molecular flexibility index (Phi) is 5.39. The first-order chi connectivity index (χ1) is 14.6. The minimum Gasteiger partial charge on any atom is -0.497 e. The number of nitro groups is 1. The van der Waals surface area contributed by atoms with Gasteiger partial charge in [-0.2, -0.15) is 0 Å². The van der Waals surface area contributed by atoms with E-state index in [4.69, 9.17) is 9.47 Å². The molecule has 30 heavy (non-hydrogen) atoms. The molecule has 0 saturated heterocycles. The van der Waals surface area contributed by atoms with Gasteiger partial charge >= 0.3 is 0 Å². The summed E-state index contributed by atoms with van der Waals surface area (Å²) in [5.41, 5.74) is 4.55. The van der Waals surface area contributed by atoms with Gasteiger partial charge in [-0.3, -0.25) is 10.1 Å². The van der Waals surface area contributed by atoms with E-state index in [9.17, 15) is 10.1 Å². The van der Waals surface area contributed by atoms with Gasteiger partial charge in [0.05, 0.1) is 25.8 Å². The molecule has 0 aliphatic rings. The van der Waals surface area contributed by atoms with Crippen molar-refractivity contribution in [2.75, 3.05) is 20.8 Å². The Balaban J connectivity index is 1.93. The molecule has 0 aliphatic carbocycles. The fourth-order valence-corrected chi connectivity index (χ4v) is 3.86. The Morgan fingerprint density at radius 2 is 1.50 bits per heavy atom. The predicted octanol–water partition coefficient (Wildman–Crippen LogP) is 5.26. The molecule has 4 rings (SSSR count). The first kappa shape index (κ1) is 19.5. The fraction of sp³-hybridized carbons (Fsp3) is 0.167. The first-order valence-corrected chi connectivity index (χ1v) is 9.61. The Labute approximate surface area is 174 Å². The van der Waals surface area contributed by atoms with Gasteiger partial charge < -0.3 is 14.5 Å². The molecule has 0 unspecified atom stereocenters. The number of nitrogens with zero attached hydrogens (tertiary/aromatic N) is 1. The number of nitrogens with one attached hydrogen (secondary N) is 1. The second-order valence-electron chi connectivity index (χ2n) is 7.03. The smallest absolute Gasteiger partial charge is 0.214 e. The second kappa shape index (κ2) is 8.29. The number of methoxy groups -OCH3 is 2. The predicted molar refractivity (Wildman–Crippen MR) is 117 cm³/mol. The number of rotatable bonds is 7. The van der Waals surface area contributed by atoms with Crippen LogP contribution in [0, 0.1) is 10.1 Å². The van der Waals surface area contributed by atoms with Crippen LogP contribution in [0.15, 0.2) is 72.8 Å². The highest BCUT2D eigenvalue weighted by atomic mass is 16.6. The molecule has 0 aliphatic heterocycles. The molecule has 1 atom stereocenters. The molecule has 6 heteroatoms. The van der Waals surface area contributed by atoms with Crippen LogP contribution >= 0.6 is 0 Å². The van der Waals surface area contributed by atoms with Crippen LogP contribution in [-0.4, -0.2) is 30.7 Å². The van der Waals surface area contributed by atoms with Crippen molar-refractivity contribution in [3.8, 4) is 22.8 Å². The molecule has 0 fully saturated rings. The summed E-state index contributed by atoms with van der Waals surface area (Å²) in [6.07, 6.45) is 0. The molecular formula is C24H22N2O4. The van der Waals surface area contributed by atoms with Crippen LogP contribution in [0.4, 0.5) is 0 Å². The molecule has 0 saturated carbocycles. The van der Waals surface area contributed by atoms with Crippen LogP contribution in [-0.2, 0) is 0 Å². The highest BCUT2D eigenvalue weighted by Crippen LogP contribution is 2.39. The van der Waals surface area contributed by atoms with Crippen molar-refractivity contribution in [3.05, 3.63) is 94.0 Å². The third-order valence-electron chi connectivity index (χ3n) is 5.32. The summed E-state index contributed by atoms with van der Waals surface area (Å²) in [5, 5.41) is 12.6. The highest BCUT2D eigenvalue weighted by Gasteiger charge is 2.27.